The lowest BCUT2D eigenvalue weighted by atomic mass is 9.78. The molecular weight excluding hydrogens is 553 g/mol. The van der Waals surface area contributed by atoms with Crippen molar-refractivity contribution in [2.45, 2.75) is 50.6 Å². The Morgan fingerprint density at radius 3 is 2.54 bits per heavy atom. The normalized spacial score (nSPS) is 22.2. The molecule has 41 heavy (non-hydrogen) atoms. The number of hydrogen-bond donors (Lipinski definition) is 1. The first kappa shape index (κ1) is 27.7. The van der Waals surface area contributed by atoms with Gasteiger partial charge in [-0.3, -0.25) is 4.90 Å². The van der Waals surface area contributed by atoms with Gasteiger partial charge < -0.3 is 9.72 Å². The van der Waals surface area contributed by atoms with Crippen molar-refractivity contribution >= 4 is 37.1 Å². The number of nitrogens with one attached hydrogen (secondary N) is 1. The maximum atomic E-state index is 12.8. The van der Waals surface area contributed by atoms with E-state index in [9.17, 15) is 21.6 Å². The van der Waals surface area contributed by atoms with Gasteiger partial charge in [-0.2, -0.15) is 21.6 Å². The first-order valence-electron chi connectivity index (χ1n) is 14.0. The van der Waals surface area contributed by atoms with Crippen LogP contribution in [0, 0.1) is 11.8 Å². The molecule has 1 saturated heterocycles. The summed E-state index contributed by atoms with van der Waals surface area (Å²) in [5.74, 6) is 0.695. The fourth-order valence-corrected chi connectivity index (χ4v) is 7.39. The molecule has 4 heterocycles. The maximum absolute atomic E-state index is 12.8. The number of benzene rings is 1. The molecule has 1 atom stereocenters. The van der Waals surface area contributed by atoms with Crippen LogP contribution in [-0.2, 0) is 16.5 Å². The lowest BCUT2D eigenvalue weighted by molar-refractivity contribution is -0.137. The van der Waals surface area contributed by atoms with Gasteiger partial charge in [0.15, 0.2) is 5.65 Å². The number of nitrogens with zero attached hydrogens (tertiary/aromatic N) is 3. The fraction of sp³-hybridized carbons (Fsp3) is 0.433. The summed E-state index contributed by atoms with van der Waals surface area (Å²) in [4.78, 5) is 14.8. The number of fused-ring (bicyclic) bond motifs is 3. The summed E-state index contributed by atoms with van der Waals surface area (Å²) in [6, 6.07) is 8.69. The summed E-state index contributed by atoms with van der Waals surface area (Å²) in [5, 5.41) is 3.23. The first-order valence-corrected chi connectivity index (χ1v) is 15.1. The third kappa shape index (κ3) is 5.83. The largest absolute Gasteiger partial charge is 0.493 e. The summed E-state index contributed by atoms with van der Waals surface area (Å²) in [5.41, 5.74) is 1.17. The SMILES string of the molecule is O=S(=O)=C(C1CCC(c2[nH]ccc3cnc4nccc4c23)CC1)N1CCCC(COc2ccc(C(F)(F)F)cc2)C1. The van der Waals surface area contributed by atoms with Crippen molar-refractivity contribution in [2.24, 2.45) is 11.8 Å². The Kier molecular flexibility index (Phi) is 7.74. The number of H-pyrrole nitrogens is 1. The van der Waals surface area contributed by atoms with Crippen molar-refractivity contribution in [1.82, 2.24) is 19.9 Å². The molecule has 4 aromatic rings. The number of pyridine rings is 2. The topological polar surface area (TPSA) is 88.2 Å². The Morgan fingerprint density at radius 1 is 1.02 bits per heavy atom. The number of piperidine rings is 1. The van der Waals surface area contributed by atoms with Gasteiger partial charge in [-0.1, -0.05) is 0 Å². The number of hydrogen-bond acceptors (Lipinski definition) is 5. The standard InChI is InChI=1S/C30H31F3N4O3S/c31-30(32,33)23-7-9-24(10-8-23)40-18-19-2-1-15-37(17-19)29(41(38)39)21-5-3-20(4-6-21)27-26-22(11-13-34-27)16-36-28-25(26)12-14-35-28/h7-14,16,19-21,34H,1-6,15,17-18H2. The molecule has 1 aromatic carbocycles. The molecule has 0 bridgehead atoms. The number of ether oxygens (including phenoxy) is 1. The van der Waals surface area contributed by atoms with E-state index in [1.54, 1.807) is 6.20 Å². The van der Waals surface area contributed by atoms with Gasteiger partial charge in [0.1, 0.15) is 10.7 Å². The number of alkyl halides is 3. The van der Waals surface area contributed by atoms with Crippen LogP contribution >= 0.6 is 0 Å². The van der Waals surface area contributed by atoms with Gasteiger partial charge in [-0.25, -0.2) is 9.97 Å². The molecule has 0 radical (unpaired) electrons. The van der Waals surface area contributed by atoms with Gasteiger partial charge in [0.05, 0.1) is 12.2 Å². The second-order valence-electron chi connectivity index (χ2n) is 11.1. The van der Waals surface area contributed by atoms with Crippen LogP contribution in [0.25, 0.3) is 21.8 Å². The smallest absolute Gasteiger partial charge is 0.416 e. The summed E-state index contributed by atoms with van der Waals surface area (Å²) in [6.45, 7) is 1.55. The molecule has 0 amide bonds. The average Bonchev–Trinajstić information content (AvgIpc) is 3.46. The first-order chi connectivity index (χ1) is 19.8. The van der Waals surface area contributed by atoms with E-state index in [1.807, 2.05) is 29.4 Å². The van der Waals surface area contributed by atoms with E-state index in [-0.39, 0.29) is 17.8 Å². The van der Waals surface area contributed by atoms with E-state index < -0.39 is 22.0 Å². The molecule has 2 fully saturated rings. The molecule has 1 unspecified atom stereocenters. The van der Waals surface area contributed by atoms with E-state index in [1.165, 1.54) is 12.1 Å². The summed E-state index contributed by atoms with van der Waals surface area (Å²) < 4.78 is 69.4. The summed E-state index contributed by atoms with van der Waals surface area (Å²) in [6.07, 6.45) is 6.17. The third-order valence-electron chi connectivity index (χ3n) is 8.49. The van der Waals surface area contributed by atoms with Crippen LogP contribution in [0.5, 0.6) is 5.75 Å². The van der Waals surface area contributed by atoms with Gasteiger partial charge >= 0.3 is 6.18 Å². The highest BCUT2D eigenvalue weighted by Gasteiger charge is 2.34. The molecule has 3 aromatic heterocycles. The Balaban J connectivity index is 1.11. The van der Waals surface area contributed by atoms with Crippen LogP contribution in [0.3, 0.4) is 0 Å². The highest BCUT2D eigenvalue weighted by molar-refractivity contribution is 7.72. The average molecular weight is 585 g/mol. The van der Waals surface area contributed by atoms with E-state index in [0.29, 0.717) is 30.4 Å². The van der Waals surface area contributed by atoms with Gasteiger partial charge in [0.25, 0.3) is 0 Å². The molecule has 1 N–H and O–H groups in total. The van der Waals surface area contributed by atoms with Gasteiger partial charge in [0.2, 0.25) is 10.3 Å². The molecule has 2 aliphatic rings. The van der Waals surface area contributed by atoms with Gasteiger partial charge in [0, 0.05) is 65.4 Å². The number of aromatic amines is 1. The van der Waals surface area contributed by atoms with Crippen LogP contribution in [0.4, 0.5) is 13.2 Å². The number of halogens is 3. The second kappa shape index (κ2) is 11.4. The van der Waals surface area contributed by atoms with E-state index in [2.05, 4.69) is 15.0 Å². The third-order valence-corrected chi connectivity index (χ3v) is 9.42. The molecule has 216 valence electrons. The van der Waals surface area contributed by atoms with E-state index in [4.69, 9.17) is 4.74 Å². The maximum Gasteiger partial charge on any atom is 0.416 e. The van der Waals surface area contributed by atoms with Crippen LogP contribution in [-0.4, -0.2) is 53.0 Å². The molecule has 7 nitrogen and oxygen atoms in total. The van der Waals surface area contributed by atoms with Crippen molar-refractivity contribution in [1.29, 1.82) is 0 Å². The van der Waals surface area contributed by atoms with Crippen molar-refractivity contribution < 1.29 is 26.3 Å². The van der Waals surface area contributed by atoms with Crippen molar-refractivity contribution in [2.75, 3.05) is 19.7 Å². The van der Waals surface area contributed by atoms with Crippen LogP contribution in [0.15, 0.2) is 55.0 Å². The lowest BCUT2D eigenvalue weighted by Gasteiger charge is -2.37. The fourth-order valence-electron chi connectivity index (χ4n) is 6.50. The van der Waals surface area contributed by atoms with Gasteiger partial charge in [-0.05, 0) is 80.8 Å². The van der Waals surface area contributed by atoms with Crippen molar-refractivity contribution in [3.8, 4) is 5.75 Å². The second-order valence-corrected chi connectivity index (χ2v) is 12.0. The zero-order valence-corrected chi connectivity index (χ0v) is 23.2. The quantitative estimate of drug-likeness (QED) is 0.281. The molecule has 0 spiro atoms. The van der Waals surface area contributed by atoms with E-state index >= 15 is 0 Å². The zero-order chi connectivity index (χ0) is 28.6. The number of aromatic nitrogens is 3. The molecule has 6 rings (SSSR count). The Bertz CT molecular complexity index is 1670. The minimum absolute atomic E-state index is 0.0450. The minimum Gasteiger partial charge on any atom is -0.493 e. The number of likely N-dealkylation sites (tertiary alicyclic amines) is 1. The van der Waals surface area contributed by atoms with Crippen LogP contribution in [0.1, 0.15) is 55.7 Å². The Labute approximate surface area is 237 Å². The minimum atomic E-state index is -4.39. The lowest BCUT2D eigenvalue weighted by Crippen LogP contribution is -2.45. The molecule has 1 aliphatic heterocycles. The molecular formula is C30H31F3N4O3S. The Hall–Kier alpha value is -3.44. The predicted molar refractivity (Wildman–Crippen MR) is 151 cm³/mol. The van der Waals surface area contributed by atoms with Crippen LogP contribution in [0.2, 0.25) is 0 Å². The Morgan fingerprint density at radius 2 is 1.80 bits per heavy atom. The monoisotopic (exact) mass is 584 g/mol. The van der Waals surface area contributed by atoms with Gasteiger partial charge in [-0.15, -0.1) is 0 Å². The summed E-state index contributed by atoms with van der Waals surface area (Å²) >= 11 is 0. The van der Waals surface area contributed by atoms with E-state index in [0.717, 1.165) is 78.2 Å². The highest BCUT2D eigenvalue weighted by atomic mass is 32.2. The number of rotatable bonds is 5. The highest BCUT2D eigenvalue weighted by Crippen LogP contribution is 2.40. The molecule has 1 saturated carbocycles. The van der Waals surface area contributed by atoms with Crippen molar-refractivity contribution in [3.63, 3.8) is 0 Å². The van der Waals surface area contributed by atoms with Crippen molar-refractivity contribution in [3.05, 3.63) is 66.2 Å². The zero-order valence-electron chi connectivity index (χ0n) is 22.4. The predicted octanol–water partition coefficient (Wildman–Crippen LogP) is 6.20. The summed E-state index contributed by atoms with van der Waals surface area (Å²) in [7, 11) is -2.33. The molecule has 11 heteroatoms. The van der Waals surface area contributed by atoms with Crippen LogP contribution < -0.4 is 4.74 Å². The molecule has 1 aliphatic carbocycles.